The van der Waals surface area contributed by atoms with Crippen LogP contribution in [-0.2, 0) is 11.2 Å². The Bertz CT molecular complexity index is 1320. The van der Waals surface area contributed by atoms with E-state index in [4.69, 9.17) is 4.98 Å². The molecule has 40 heavy (non-hydrogen) atoms. The van der Waals surface area contributed by atoms with Gasteiger partial charge >= 0.3 is 0 Å². The first-order chi connectivity index (χ1) is 19.5. The third-order valence-electron chi connectivity index (χ3n) is 7.43. The first-order valence-electron chi connectivity index (χ1n) is 13.9. The molecular weight excluding hydrogens is 521 g/mol. The van der Waals surface area contributed by atoms with Crippen molar-refractivity contribution >= 4 is 22.6 Å². The molecule has 1 aliphatic rings. The molecule has 8 heteroatoms. The molecule has 208 valence electrons. The van der Waals surface area contributed by atoms with E-state index in [0.29, 0.717) is 25.2 Å². The Morgan fingerprint density at radius 2 is 1.50 bits per heavy atom. The molecular formula is C32H36FN5OS. The van der Waals surface area contributed by atoms with Crippen molar-refractivity contribution < 1.29 is 9.18 Å². The van der Waals surface area contributed by atoms with Crippen LogP contribution in [0.25, 0.3) is 0 Å². The molecule has 0 saturated carbocycles. The van der Waals surface area contributed by atoms with E-state index in [2.05, 4.69) is 88.7 Å². The summed E-state index contributed by atoms with van der Waals surface area (Å²) < 4.78 is 17.8. The number of hydrogen-bond donors (Lipinski definition) is 0. The lowest BCUT2D eigenvalue weighted by atomic mass is 9.96. The topological polar surface area (TPSA) is 52.6 Å². The lowest BCUT2D eigenvalue weighted by molar-refractivity contribution is -0.133. The minimum Gasteiger partial charge on any atom is -0.344 e. The molecule has 0 atom stereocenters. The van der Waals surface area contributed by atoms with Crippen LogP contribution in [0.5, 0.6) is 0 Å². The van der Waals surface area contributed by atoms with Crippen molar-refractivity contribution in [3.05, 3.63) is 113 Å². The van der Waals surface area contributed by atoms with Crippen molar-refractivity contribution in [2.75, 3.05) is 37.6 Å². The standard InChI is InChI=1S/C32H36FN5OS/c1-24(2)38(32-34-29(35-40-32)23-25-13-15-28(33)16-14-25)18-17-30(39)36-19-21-37(22-20-36)31(26-9-5-3-6-10-26)27-11-7-4-8-12-27/h3-16,24,31H,17-23H2,1-2H3. The molecule has 1 saturated heterocycles. The summed E-state index contributed by atoms with van der Waals surface area (Å²) in [4.78, 5) is 24.6. The largest absolute Gasteiger partial charge is 0.344 e. The molecule has 3 aromatic carbocycles. The summed E-state index contributed by atoms with van der Waals surface area (Å²) in [5.41, 5.74) is 3.52. The lowest BCUT2D eigenvalue weighted by Gasteiger charge is -2.40. The summed E-state index contributed by atoms with van der Waals surface area (Å²) in [5, 5.41) is 0.818. The minimum atomic E-state index is -0.250. The molecule has 1 fully saturated rings. The Balaban J connectivity index is 1.17. The number of amides is 1. The molecule has 0 unspecified atom stereocenters. The molecule has 2 heterocycles. The van der Waals surface area contributed by atoms with Crippen molar-refractivity contribution in [1.82, 2.24) is 19.2 Å². The monoisotopic (exact) mass is 557 g/mol. The van der Waals surface area contributed by atoms with Gasteiger partial charge in [0.15, 0.2) is 0 Å². The van der Waals surface area contributed by atoms with Crippen LogP contribution in [0.15, 0.2) is 84.9 Å². The van der Waals surface area contributed by atoms with Crippen LogP contribution in [0.3, 0.4) is 0 Å². The lowest BCUT2D eigenvalue weighted by Crippen LogP contribution is -2.50. The summed E-state index contributed by atoms with van der Waals surface area (Å²) in [6, 6.07) is 28.0. The van der Waals surface area contributed by atoms with Gasteiger partial charge in [0.1, 0.15) is 11.6 Å². The molecule has 4 aromatic rings. The van der Waals surface area contributed by atoms with Crippen LogP contribution in [-0.4, -0.2) is 63.8 Å². The molecule has 0 spiro atoms. The van der Waals surface area contributed by atoms with Gasteiger partial charge in [0.2, 0.25) is 11.0 Å². The number of nitrogens with zero attached hydrogens (tertiary/aromatic N) is 5. The summed E-state index contributed by atoms with van der Waals surface area (Å²) >= 11 is 1.35. The van der Waals surface area contributed by atoms with Crippen LogP contribution < -0.4 is 4.90 Å². The van der Waals surface area contributed by atoms with Crippen molar-refractivity contribution in [2.24, 2.45) is 0 Å². The van der Waals surface area contributed by atoms with Crippen molar-refractivity contribution in [2.45, 2.75) is 38.8 Å². The SMILES string of the molecule is CC(C)N(CCC(=O)N1CCN(C(c2ccccc2)c2ccccc2)CC1)c1nc(Cc2ccc(F)cc2)ns1. The molecule has 0 N–H and O–H groups in total. The van der Waals surface area contributed by atoms with E-state index in [1.807, 2.05) is 4.90 Å². The first-order valence-corrected chi connectivity index (χ1v) is 14.7. The maximum absolute atomic E-state index is 13.3. The minimum absolute atomic E-state index is 0.178. The van der Waals surface area contributed by atoms with Gasteiger partial charge in [-0.25, -0.2) is 9.37 Å². The van der Waals surface area contributed by atoms with E-state index in [9.17, 15) is 9.18 Å². The Morgan fingerprint density at radius 3 is 2.08 bits per heavy atom. The van der Waals surface area contributed by atoms with Gasteiger partial charge in [0.25, 0.3) is 0 Å². The zero-order chi connectivity index (χ0) is 27.9. The normalized spacial score (nSPS) is 14.2. The van der Waals surface area contributed by atoms with Crippen LogP contribution in [0, 0.1) is 5.82 Å². The number of anilines is 1. The molecule has 0 bridgehead atoms. The second kappa shape index (κ2) is 13.2. The number of piperazine rings is 1. The van der Waals surface area contributed by atoms with Crippen LogP contribution in [0.4, 0.5) is 9.52 Å². The summed E-state index contributed by atoms with van der Waals surface area (Å²) in [6.45, 7) is 7.91. The highest BCUT2D eigenvalue weighted by Gasteiger charge is 2.28. The molecule has 0 aliphatic carbocycles. The number of carbonyl (C=O) groups excluding carboxylic acids is 1. The van der Waals surface area contributed by atoms with Crippen molar-refractivity contribution in [1.29, 1.82) is 0 Å². The van der Waals surface area contributed by atoms with Crippen molar-refractivity contribution in [3.63, 3.8) is 0 Å². The fourth-order valence-electron chi connectivity index (χ4n) is 5.28. The van der Waals surface area contributed by atoms with Crippen LogP contribution in [0.1, 0.15) is 48.8 Å². The quantitative estimate of drug-likeness (QED) is 0.247. The highest BCUT2D eigenvalue weighted by Crippen LogP contribution is 2.29. The van der Waals surface area contributed by atoms with Gasteiger partial charge in [0.05, 0.1) is 6.04 Å². The predicted octanol–water partition coefficient (Wildman–Crippen LogP) is 5.81. The molecule has 1 aliphatic heterocycles. The number of halogens is 1. The summed E-state index contributed by atoms with van der Waals surface area (Å²) in [6.07, 6.45) is 0.991. The van der Waals surface area contributed by atoms with E-state index >= 15 is 0 Å². The van der Waals surface area contributed by atoms with Gasteiger partial charge in [-0.05, 0) is 42.7 Å². The second-order valence-electron chi connectivity index (χ2n) is 10.5. The Morgan fingerprint density at radius 1 is 0.900 bits per heavy atom. The first kappa shape index (κ1) is 27.9. The van der Waals surface area contributed by atoms with Gasteiger partial charge in [-0.15, -0.1) is 0 Å². The molecule has 6 nitrogen and oxygen atoms in total. The smallest absolute Gasteiger partial charge is 0.224 e. The third kappa shape index (κ3) is 6.92. The number of benzene rings is 3. The van der Waals surface area contributed by atoms with E-state index in [-0.39, 0.29) is 23.8 Å². The van der Waals surface area contributed by atoms with Crippen LogP contribution in [0.2, 0.25) is 0 Å². The highest BCUT2D eigenvalue weighted by atomic mass is 32.1. The Kier molecular flexibility index (Phi) is 9.19. The van der Waals surface area contributed by atoms with Gasteiger partial charge < -0.3 is 9.80 Å². The number of rotatable bonds is 10. The maximum atomic E-state index is 13.3. The van der Waals surface area contributed by atoms with Gasteiger partial charge in [-0.2, -0.15) is 4.37 Å². The Labute approximate surface area is 240 Å². The second-order valence-corrected chi connectivity index (χ2v) is 11.2. The zero-order valence-electron chi connectivity index (χ0n) is 23.1. The maximum Gasteiger partial charge on any atom is 0.224 e. The third-order valence-corrected chi connectivity index (χ3v) is 8.22. The van der Waals surface area contributed by atoms with Gasteiger partial charge in [-0.3, -0.25) is 9.69 Å². The highest BCUT2D eigenvalue weighted by molar-refractivity contribution is 7.09. The summed E-state index contributed by atoms with van der Waals surface area (Å²) in [7, 11) is 0. The zero-order valence-corrected chi connectivity index (χ0v) is 23.9. The average molecular weight is 558 g/mol. The number of aromatic nitrogens is 2. The summed E-state index contributed by atoms with van der Waals surface area (Å²) in [5.74, 6) is 0.642. The van der Waals surface area contributed by atoms with Crippen LogP contribution >= 0.6 is 11.5 Å². The molecule has 1 aromatic heterocycles. The van der Waals surface area contributed by atoms with E-state index in [1.165, 1.54) is 34.8 Å². The number of hydrogen-bond acceptors (Lipinski definition) is 6. The predicted molar refractivity (Wildman–Crippen MR) is 159 cm³/mol. The van der Waals surface area contributed by atoms with E-state index in [0.717, 1.165) is 36.9 Å². The fraction of sp³-hybridized carbons (Fsp3) is 0.344. The molecule has 5 rings (SSSR count). The fourth-order valence-corrected chi connectivity index (χ4v) is 6.13. The van der Waals surface area contributed by atoms with Gasteiger partial charge in [0, 0.05) is 63.1 Å². The molecule has 1 amide bonds. The average Bonchev–Trinajstić information content (AvgIpc) is 3.43. The molecule has 0 radical (unpaired) electrons. The number of carbonyl (C=O) groups is 1. The Hall–Kier alpha value is -3.62. The van der Waals surface area contributed by atoms with E-state index < -0.39 is 0 Å². The van der Waals surface area contributed by atoms with E-state index in [1.54, 1.807) is 12.1 Å². The van der Waals surface area contributed by atoms with Gasteiger partial charge in [-0.1, -0.05) is 72.8 Å². The van der Waals surface area contributed by atoms with Crippen molar-refractivity contribution in [3.8, 4) is 0 Å².